The highest BCUT2D eigenvalue weighted by Gasteiger charge is 2.23. The van der Waals surface area contributed by atoms with Crippen LogP contribution in [0.3, 0.4) is 0 Å². The van der Waals surface area contributed by atoms with Crippen molar-refractivity contribution in [3.63, 3.8) is 0 Å². The molecule has 0 unspecified atom stereocenters. The molecule has 1 aromatic heterocycles. The molecular weight excluding hydrogens is 338 g/mol. The first-order valence-corrected chi connectivity index (χ1v) is 9.92. The van der Waals surface area contributed by atoms with Crippen LogP contribution in [0.4, 0.5) is 5.95 Å². The molecule has 1 aliphatic heterocycles. The summed E-state index contributed by atoms with van der Waals surface area (Å²) < 4.78 is 0. The van der Waals surface area contributed by atoms with Crippen molar-refractivity contribution in [2.24, 2.45) is 0 Å². The molecule has 0 spiro atoms. The van der Waals surface area contributed by atoms with Gasteiger partial charge in [-0.2, -0.15) is 0 Å². The highest BCUT2D eigenvalue weighted by Crippen LogP contribution is 2.20. The molecule has 0 radical (unpaired) electrons. The van der Waals surface area contributed by atoms with Crippen LogP contribution in [0.5, 0.6) is 0 Å². The Morgan fingerprint density at radius 2 is 1.67 bits per heavy atom. The van der Waals surface area contributed by atoms with Crippen LogP contribution in [0.1, 0.15) is 41.6 Å². The Morgan fingerprint density at radius 1 is 1.00 bits per heavy atom. The number of hydrogen-bond acceptors (Lipinski definition) is 5. The summed E-state index contributed by atoms with van der Waals surface area (Å²) >= 11 is 0. The smallest absolute Gasteiger partial charge is 0.257 e. The summed E-state index contributed by atoms with van der Waals surface area (Å²) in [6, 6.07) is 11.0. The van der Waals surface area contributed by atoms with Crippen molar-refractivity contribution < 1.29 is 4.79 Å². The van der Waals surface area contributed by atoms with Crippen LogP contribution in [0, 0.1) is 0 Å². The molecule has 1 saturated carbocycles. The molecule has 0 bridgehead atoms. The Morgan fingerprint density at radius 3 is 2.33 bits per heavy atom. The Bertz CT molecular complexity index is 735. The Kier molecular flexibility index (Phi) is 5.63. The maximum absolute atomic E-state index is 12.7. The highest BCUT2D eigenvalue weighted by atomic mass is 16.2. The fourth-order valence-electron chi connectivity index (χ4n) is 3.90. The molecule has 0 atom stereocenters. The number of aromatic nitrogens is 2. The van der Waals surface area contributed by atoms with E-state index in [2.05, 4.69) is 44.5 Å². The minimum absolute atomic E-state index is 0.0294. The SMILES string of the molecule is O=C(c1cnc(NC2CCCC2)nc1)N1CCN(Cc2ccccc2)CC1. The van der Waals surface area contributed by atoms with Gasteiger partial charge in [-0.05, 0) is 18.4 Å². The summed E-state index contributed by atoms with van der Waals surface area (Å²) in [4.78, 5) is 25.7. The average molecular weight is 365 g/mol. The van der Waals surface area contributed by atoms with Crippen molar-refractivity contribution in [3.05, 3.63) is 53.9 Å². The lowest BCUT2D eigenvalue weighted by atomic mass is 10.2. The summed E-state index contributed by atoms with van der Waals surface area (Å²) in [5, 5.41) is 3.36. The van der Waals surface area contributed by atoms with Gasteiger partial charge in [0.15, 0.2) is 0 Å². The van der Waals surface area contributed by atoms with E-state index < -0.39 is 0 Å². The topological polar surface area (TPSA) is 61.4 Å². The van der Waals surface area contributed by atoms with Crippen LogP contribution in [-0.4, -0.2) is 57.9 Å². The summed E-state index contributed by atoms with van der Waals surface area (Å²) in [6.07, 6.45) is 8.20. The third-order valence-corrected chi connectivity index (χ3v) is 5.50. The number of nitrogens with zero attached hydrogens (tertiary/aromatic N) is 4. The Hall–Kier alpha value is -2.47. The first-order valence-electron chi connectivity index (χ1n) is 9.92. The first kappa shape index (κ1) is 17.9. The number of hydrogen-bond donors (Lipinski definition) is 1. The van der Waals surface area contributed by atoms with E-state index in [0.29, 0.717) is 17.6 Å². The van der Waals surface area contributed by atoms with Gasteiger partial charge in [-0.3, -0.25) is 9.69 Å². The third kappa shape index (κ3) is 4.63. The van der Waals surface area contributed by atoms with Crippen LogP contribution in [0.25, 0.3) is 0 Å². The number of benzene rings is 1. The van der Waals surface area contributed by atoms with Gasteiger partial charge >= 0.3 is 0 Å². The fraction of sp³-hybridized carbons (Fsp3) is 0.476. The average Bonchev–Trinajstić information content (AvgIpc) is 3.22. The molecule has 2 aromatic rings. The lowest BCUT2D eigenvalue weighted by Crippen LogP contribution is -2.48. The molecule has 6 nitrogen and oxygen atoms in total. The molecule has 4 rings (SSSR count). The van der Waals surface area contributed by atoms with E-state index in [1.807, 2.05) is 11.0 Å². The molecule has 1 amide bonds. The Labute approximate surface area is 160 Å². The third-order valence-electron chi connectivity index (χ3n) is 5.50. The van der Waals surface area contributed by atoms with Gasteiger partial charge in [-0.25, -0.2) is 9.97 Å². The summed E-state index contributed by atoms with van der Waals surface area (Å²) in [6.45, 7) is 4.21. The minimum atomic E-state index is 0.0294. The zero-order valence-electron chi connectivity index (χ0n) is 15.7. The number of amides is 1. The van der Waals surface area contributed by atoms with Gasteiger partial charge in [-0.15, -0.1) is 0 Å². The number of rotatable bonds is 5. The fourth-order valence-corrected chi connectivity index (χ4v) is 3.90. The quantitative estimate of drug-likeness (QED) is 0.883. The van der Waals surface area contributed by atoms with Crippen LogP contribution < -0.4 is 5.32 Å². The molecule has 27 heavy (non-hydrogen) atoms. The van der Waals surface area contributed by atoms with E-state index in [0.717, 1.165) is 32.7 Å². The number of nitrogens with one attached hydrogen (secondary N) is 1. The summed E-state index contributed by atoms with van der Waals surface area (Å²) in [5.74, 6) is 0.660. The lowest BCUT2D eigenvalue weighted by Gasteiger charge is -2.34. The maximum Gasteiger partial charge on any atom is 0.257 e. The van der Waals surface area contributed by atoms with Crippen molar-refractivity contribution in [1.29, 1.82) is 0 Å². The van der Waals surface area contributed by atoms with Crippen molar-refractivity contribution >= 4 is 11.9 Å². The summed E-state index contributed by atoms with van der Waals surface area (Å²) in [7, 11) is 0. The van der Waals surface area contributed by atoms with Crippen LogP contribution in [0.2, 0.25) is 0 Å². The molecule has 2 heterocycles. The molecule has 6 heteroatoms. The number of anilines is 1. The standard InChI is InChI=1S/C21H27N5O/c27-20(18-14-22-21(23-15-18)24-19-8-4-5-9-19)26-12-10-25(11-13-26)16-17-6-2-1-3-7-17/h1-3,6-7,14-15,19H,4-5,8-13,16H2,(H,22,23,24). The van der Waals surface area contributed by atoms with Crippen molar-refractivity contribution in [3.8, 4) is 0 Å². The predicted octanol–water partition coefficient (Wildman–Crippen LogP) is 2.79. The zero-order valence-corrected chi connectivity index (χ0v) is 15.7. The van der Waals surface area contributed by atoms with Gasteiger partial charge < -0.3 is 10.2 Å². The number of carbonyl (C=O) groups is 1. The molecule has 142 valence electrons. The normalized spacial score (nSPS) is 18.6. The van der Waals surface area contributed by atoms with Gasteiger partial charge in [0.05, 0.1) is 5.56 Å². The maximum atomic E-state index is 12.7. The van der Waals surface area contributed by atoms with Crippen molar-refractivity contribution in [2.75, 3.05) is 31.5 Å². The molecule has 1 aliphatic carbocycles. The molecule has 1 saturated heterocycles. The molecular formula is C21H27N5O. The van der Waals surface area contributed by atoms with E-state index in [1.54, 1.807) is 12.4 Å². The highest BCUT2D eigenvalue weighted by molar-refractivity contribution is 5.93. The second-order valence-corrected chi connectivity index (χ2v) is 7.48. The Balaban J connectivity index is 1.28. The second kappa shape index (κ2) is 8.48. The zero-order chi connectivity index (χ0) is 18.5. The van der Waals surface area contributed by atoms with Crippen molar-refractivity contribution in [1.82, 2.24) is 19.8 Å². The summed E-state index contributed by atoms with van der Waals surface area (Å²) in [5.41, 5.74) is 1.89. The van der Waals surface area contributed by atoms with Crippen LogP contribution in [-0.2, 0) is 6.54 Å². The number of piperazine rings is 1. The molecule has 2 aliphatic rings. The van der Waals surface area contributed by atoms with Crippen molar-refractivity contribution in [2.45, 2.75) is 38.3 Å². The van der Waals surface area contributed by atoms with E-state index in [4.69, 9.17) is 0 Å². The van der Waals surface area contributed by atoms with Gasteiger partial charge in [0, 0.05) is 51.2 Å². The second-order valence-electron chi connectivity index (χ2n) is 7.48. The molecule has 1 aromatic carbocycles. The van der Waals surface area contributed by atoms with Crippen LogP contribution in [0.15, 0.2) is 42.7 Å². The van der Waals surface area contributed by atoms with Gasteiger partial charge in [0.25, 0.3) is 5.91 Å². The van der Waals surface area contributed by atoms with E-state index in [-0.39, 0.29) is 5.91 Å². The minimum Gasteiger partial charge on any atom is -0.351 e. The van der Waals surface area contributed by atoms with Crippen LogP contribution >= 0.6 is 0 Å². The molecule has 2 fully saturated rings. The van der Waals surface area contributed by atoms with E-state index >= 15 is 0 Å². The lowest BCUT2D eigenvalue weighted by molar-refractivity contribution is 0.0627. The predicted molar refractivity (Wildman–Crippen MR) is 106 cm³/mol. The first-order chi connectivity index (χ1) is 13.3. The van der Waals surface area contributed by atoms with E-state index in [9.17, 15) is 4.79 Å². The van der Waals surface area contributed by atoms with E-state index in [1.165, 1.54) is 31.2 Å². The monoisotopic (exact) mass is 365 g/mol. The number of carbonyl (C=O) groups excluding carboxylic acids is 1. The van der Waals surface area contributed by atoms with Gasteiger partial charge in [0.2, 0.25) is 5.95 Å². The van der Waals surface area contributed by atoms with Gasteiger partial charge in [0.1, 0.15) is 0 Å². The molecule has 1 N–H and O–H groups in total. The van der Waals surface area contributed by atoms with Gasteiger partial charge in [-0.1, -0.05) is 43.2 Å². The largest absolute Gasteiger partial charge is 0.351 e.